The number of rotatable bonds is 5. The van der Waals surface area contributed by atoms with E-state index in [2.05, 4.69) is 60.1 Å². The number of aromatic nitrogens is 1. The van der Waals surface area contributed by atoms with Gasteiger partial charge in [-0.3, -0.25) is 9.79 Å². The topological polar surface area (TPSA) is 69.6 Å². The summed E-state index contributed by atoms with van der Waals surface area (Å²) in [4.78, 5) is 23.2. The minimum Gasteiger partial charge on any atom is -0.356 e. The van der Waals surface area contributed by atoms with E-state index in [-0.39, 0.29) is 16.9 Å². The van der Waals surface area contributed by atoms with Crippen molar-refractivity contribution in [3.63, 3.8) is 0 Å². The molecule has 6 heteroatoms. The average molecular weight is 345 g/mol. The number of carbonyl (C=O) groups excluding carboxylic acids is 1. The number of hydrogen-bond donors (Lipinski definition) is 2. The van der Waals surface area contributed by atoms with Crippen molar-refractivity contribution in [1.82, 2.24) is 15.2 Å². The summed E-state index contributed by atoms with van der Waals surface area (Å²) in [7, 11) is 0. The van der Waals surface area contributed by atoms with Crippen LogP contribution in [0.4, 0.5) is 5.82 Å². The van der Waals surface area contributed by atoms with Gasteiger partial charge in [0.15, 0.2) is 5.96 Å². The van der Waals surface area contributed by atoms with Gasteiger partial charge >= 0.3 is 0 Å². The SMILES string of the molecule is CCNC(=NCCC(=O)Nc1ccc(C)cn1)N1CC(C)(C)C1(C)C. The molecule has 1 aliphatic heterocycles. The highest BCUT2D eigenvalue weighted by molar-refractivity contribution is 5.90. The van der Waals surface area contributed by atoms with Gasteiger partial charge in [-0.1, -0.05) is 19.9 Å². The number of nitrogens with one attached hydrogen (secondary N) is 2. The summed E-state index contributed by atoms with van der Waals surface area (Å²) in [6.07, 6.45) is 2.08. The van der Waals surface area contributed by atoms with Gasteiger partial charge in [0.1, 0.15) is 5.82 Å². The molecule has 1 aromatic heterocycles. The van der Waals surface area contributed by atoms with E-state index < -0.39 is 0 Å². The first kappa shape index (κ1) is 19.2. The predicted octanol–water partition coefficient (Wildman–Crippen LogP) is 2.80. The number of likely N-dealkylation sites (tertiary alicyclic amines) is 1. The summed E-state index contributed by atoms with van der Waals surface area (Å²) < 4.78 is 0. The lowest BCUT2D eigenvalue weighted by atomic mass is 9.65. The number of carbonyl (C=O) groups is 1. The van der Waals surface area contributed by atoms with Gasteiger partial charge in [0.25, 0.3) is 0 Å². The van der Waals surface area contributed by atoms with E-state index in [1.54, 1.807) is 6.20 Å². The van der Waals surface area contributed by atoms with Gasteiger partial charge in [0.05, 0.1) is 6.54 Å². The first-order valence-corrected chi connectivity index (χ1v) is 8.96. The normalized spacial score (nSPS) is 18.5. The summed E-state index contributed by atoms with van der Waals surface area (Å²) in [5, 5.41) is 6.15. The highest BCUT2D eigenvalue weighted by Crippen LogP contribution is 2.46. The molecule has 0 radical (unpaired) electrons. The van der Waals surface area contributed by atoms with Gasteiger partial charge in [0.2, 0.25) is 5.91 Å². The Labute approximate surface area is 151 Å². The Morgan fingerprint density at radius 2 is 2.04 bits per heavy atom. The molecule has 1 saturated heterocycles. The zero-order chi connectivity index (χ0) is 18.7. The molecule has 1 aromatic rings. The second kappa shape index (κ2) is 7.42. The summed E-state index contributed by atoms with van der Waals surface area (Å²) in [6, 6.07) is 3.74. The van der Waals surface area contributed by atoms with Gasteiger partial charge in [-0.05, 0) is 39.3 Å². The van der Waals surface area contributed by atoms with Gasteiger partial charge < -0.3 is 15.5 Å². The molecular weight excluding hydrogens is 314 g/mol. The van der Waals surface area contributed by atoms with Crippen LogP contribution in [0.5, 0.6) is 0 Å². The second-order valence-corrected chi connectivity index (χ2v) is 7.78. The molecule has 2 heterocycles. The van der Waals surface area contributed by atoms with E-state index in [4.69, 9.17) is 0 Å². The highest BCUT2D eigenvalue weighted by atomic mass is 16.1. The van der Waals surface area contributed by atoms with Crippen LogP contribution in [0.3, 0.4) is 0 Å². The molecule has 2 rings (SSSR count). The molecule has 6 nitrogen and oxygen atoms in total. The first-order chi connectivity index (χ1) is 11.7. The maximum absolute atomic E-state index is 12.1. The van der Waals surface area contributed by atoms with Crippen LogP contribution < -0.4 is 10.6 Å². The van der Waals surface area contributed by atoms with Crippen molar-refractivity contribution in [2.24, 2.45) is 10.4 Å². The molecule has 0 bridgehead atoms. The van der Waals surface area contributed by atoms with Crippen molar-refractivity contribution in [3.05, 3.63) is 23.9 Å². The Bertz CT molecular complexity index is 634. The van der Waals surface area contributed by atoms with Gasteiger partial charge in [-0.15, -0.1) is 0 Å². The molecule has 138 valence electrons. The van der Waals surface area contributed by atoms with Crippen LogP contribution in [0.15, 0.2) is 23.3 Å². The fraction of sp³-hybridized carbons (Fsp3) is 0.632. The summed E-state index contributed by atoms with van der Waals surface area (Å²) in [5.41, 5.74) is 1.36. The largest absolute Gasteiger partial charge is 0.356 e. The lowest BCUT2D eigenvalue weighted by Crippen LogP contribution is -2.72. The van der Waals surface area contributed by atoms with Gasteiger partial charge in [-0.2, -0.15) is 0 Å². The Kier molecular flexibility index (Phi) is 5.70. The van der Waals surface area contributed by atoms with Crippen LogP contribution >= 0.6 is 0 Å². The maximum Gasteiger partial charge on any atom is 0.227 e. The molecule has 1 aliphatic rings. The summed E-state index contributed by atoms with van der Waals surface area (Å²) in [6.45, 7) is 15.3. The van der Waals surface area contributed by atoms with Crippen molar-refractivity contribution in [2.45, 2.75) is 53.5 Å². The summed E-state index contributed by atoms with van der Waals surface area (Å²) in [5.74, 6) is 1.39. The number of aliphatic imine (C=N–C) groups is 1. The van der Waals surface area contributed by atoms with Gasteiger partial charge in [0, 0.05) is 36.7 Å². The van der Waals surface area contributed by atoms with Crippen LogP contribution in [0.2, 0.25) is 0 Å². The third kappa shape index (κ3) is 4.30. The van der Waals surface area contributed by atoms with Crippen molar-refractivity contribution in [3.8, 4) is 0 Å². The maximum atomic E-state index is 12.1. The molecule has 0 aliphatic carbocycles. The molecule has 2 N–H and O–H groups in total. The van der Waals surface area contributed by atoms with Crippen LogP contribution in [0, 0.1) is 12.3 Å². The number of nitrogens with zero attached hydrogens (tertiary/aromatic N) is 3. The van der Waals surface area contributed by atoms with E-state index in [9.17, 15) is 4.79 Å². The van der Waals surface area contributed by atoms with Crippen LogP contribution in [-0.2, 0) is 4.79 Å². The van der Waals surface area contributed by atoms with Gasteiger partial charge in [-0.25, -0.2) is 4.98 Å². The monoisotopic (exact) mass is 345 g/mol. The minimum atomic E-state index is -0.0702. The smallest absolute Gasteiger partial charge is 0.227 e. The molecular formula is C19H31N5O. The van der Waals surface area contributed by atoms with Crippen molar-refractivity contribution in [1.29, 1.82) is 0 Å². The number of pyridine rings is 1. The number of aryl methyl sites for hydroxylation is 1. The zero-order valence-electron chi connectivity index (χ0n) is 16.3. The van der Waals surface area contributed by atoms with E-state index in [1.807, 2.05) is 19.1 Å². The van der Waals surface area contributed by atoms with Crippen LogP contribution in [0.25, 0.3) is 0 Å². The third-order valence-electron chi connectivity index (χ3n) is 5.25. The minimum absolute atomic E-state index is 0.0437. The molecule has 0 aromatic carbocycles. The van der Waals surface area contributed by atoms with Crippen LogP contribution in [0.1, 0.15) is 46.6 Å². The van der Waals surface area contributed by atoms with E-state index >= 15 is 0 Å². The van der Waals surface area contributed by atoms with Crippen molar-refractivity contribution < 1.29 is 4.79 Å². The second-order valence-electron chi connectivity index (χ2n) is 7.78. The highest BCUT2D eigenvalue weighted by Gasteiger charge is 2.53. The molecule has 25 heavy (non-hydrogen) atoms. The number of hydrogen-bond acceptors (Lipinski definition) is 3. The molecule has 0 saturated carbocycles. The number of amides is 1. The molecule has 0 spiro atoms. The lowest BCUT2D eigenvalue weighted by Gasteiger charge is -2.62. The predicted molar refractivity (Wildman–Crippen MR) is 103 cm³/mol. The Morgan fingerprint density at radius 3 is 2.56 bits per heavy atom. The number of guanidine groups is 1. The van der Waals surface area contributed by atoms with Crippen molar-refractivity contribution >= 4 is 17.7 Å². The van der Waals surface area contributed by atoms with Crippen LogP contribution in [-0.4, -0.2) is 46.9 Å². The third-order valence-corrected chi connectivity index (χ3v) is 5.25. The quantitative estimate of drug-likeness (QED) is 0.636. The summed E-state index contributed by atoms with van der Waals surface area (Å²) >= 11 is 0. The zero-order valence-corrected chi connectivity index (χ0v) is 16.3. The van der Waals surface area contributed by atoms with E-state index in [0.717, 1.165) is 24.6 Å². The Hall–Kier alpha value is -2.11. The molecule has 1 fully saturated rings. The van der Waals surface area contributed by atoms with Crippen molar-refractivity contribution in [2.75, 3.05) is 25.0 Å². The fourth-order valence-corrected chi connectivity index (χ4v) is 2.81. The molecule has 0 unspecified atom stereocenters. The fourth-order valence-electron chi connectivity index (χ4n) is 2.81. The standard InChI is InChI=1S/C19H31N5O/c1-7-20-17(24-13-18(3,4)19(24,5)6)21-11-10-16(25)23-15-9-8-14(2)12-22-15/h8-9,12H,7,10-11,13H2,1-6H3,(H,20,21)(H,22,23,25). The van der Waals surface area contributed by atoms with E-state index in [0.29, 0.717) is 18.8 Å². The Morgan fingerprint density at radius 1 is 1.32 bits per heavy atom. The average Bonchev–Trinajstić information content (AvgIpc) is 2.54. The lowest BCUT2D eigenvalue weighted by molar-refractivity contribution is -0.116. The van der Waals surface area contributed by atoms with E-state index in [1.165, 1.54) is 0 Å². The molecule has 0 atom stereocenters. The molecule has 1 amide bonds. The Balaban J connectivity index is 1.91. The first-order valence-electron chi connectivity index (χ1n) is 8.96. The number of anilines is 1.